The fourth-order valence-electron chi connectivity index (χ4n) is 10.7. The minimum absolute atomic E-state index is 0.820. The number of hydrogen-bond acceptors (Lipinski definition) is 2. The van der Waals surface area contributed by atoms with Crippen molar-refractivity contribution in [3.63, 3.8) is 0 Å². The molecule has 0 atom stereocenters. The van der Waals surface area contributed by atoms with Crippen molar-refractivity contribution in [2.75, 3.05) is 9.80 Å². The Labute approximate surface area is 407 Å². The van der Waals surface area contributed by atoms with Gasteiger partial charge in [-0.1, -0.05) is 157 Å². The fraction of sp³-hybridized carbons (Fsp3) is 0.0303. The van der Waals surface area contributed by atoms with Crippen LogP contribution in [0.4, 0.5) is 34.1 Å². The van der Waals surface area contributed by atoms with Crippen LogP contribution in [-0.4, -0.2) is 9.13 Å². The van der Waals surface area contributed by atoms with Crippen molar-refractivity contribution in [1.82, 2.24) is 9.13 Å². The Kier molecular flexibility index (Phi) is 10.1. The highest BCUT2D eigenvalue weighted by molar-refractivity contribution is 6.12. The second kappa shape index (κ2) is 17.2. The molecule has 0 spiro atoms. The van der Waals surface area contributed by atoms with Crippen molar-refractivity contribution in [2.24, 2.45) is 0 Å². The third kappa shape index (κ3) is 7.08. The van der Waals surface area contributed by atoms with Gasteiger partial charge in [0.25, 0.3) is 0 Å². The normalized spacial score (nSPS) is 11.6. The predicted octanol–water partition coefficient (Wildman–Crippen LogP) is 17.9. The molecule has 0 bridgehead atoms. The van der Waals surface area contributed by atoms with E-state index in [0.29, 0.717) is 0 Å². The zero-order valence-corrected chi connectivity index (χ0v) is 38.8. The number of hydrogen-bond donors (Lipinski definition) is 0. The molecule has 11 aromatic carbocycles. The summed E-state index contributed by atoms with van der Waals surface area (Å²) in [4.78, 5) is 4.75. The zero-order valence-electron chi connectivity index (χ0n) is 38.8. The summed E-state index contributed by atoms with van der Waals surface area (Å²) >= 11 is 0. The number of nitrogens with zero attached hydrogens (tertiary/aromatic N) is 4. The minimum Gasteiger partial charge on any atom is -0.311 e. The first-order chi connectivity index (χ1) is 34.6. The second-order valence-corrected chi connectivity index (χ2v) is 18.3. The van der Waals surface area contributed by atoms with Crippen molar-refractivity contribution in [1.29, 1.82) is 0 Å². The summed E-state index contributed by atoms with van der Waals surface area (Å²) in [5.41, 5.74) is 17.6. The molecule has 0 unspecified atom stereocenters. The highest BCUT2D eigenvalue weighted by Gasteiger charge is 2.20. The van der Waals surface area contributed by atoms with Crippen molar-refractivity contribution < 1.29 is 0 Å². The van der Waals surface area contributed by atoms with E-state index in [1.807, 2.05) is 0 Å². The van der Waals surface area contributed by atoms with Crippen LogP contribution in [0.5, 0.6) is 0 Å². The molecule has 0 aliphatic carbocycles. The van der Waals surface area contributed by atoms with Crippen LogP contribution in [0.25, 0.3) is 65.8 Å². The Balaban J connectivity index is 0.814. The number of rotatable bonds is 10. The van der Waals surface area contributed by atoms with Crippen molar-refractivity contribution in [3.8, 4) is 11.4 Å². The van der Waals surface area contributed by atoms with E-state index in [1.54, 1.807) is 0 Å². The lowest BCUT2D eigenvalue weighted by Crippen LogP contribution is -2.11. The topological polar surface area (TPSA) is 16.3 Å². The summed E-state index contributed by atoms with van der Waals surface area (Å²) in [5, 5.41) is 7.44. The molecular formula is C66H48N4. The van der Waals surface area contributed by atoms with E-state index in [0.717, 1.165) is 46.2 Å². The van der Waals surface area contributed by atoms with Gasteiger partial charge in [0, 0.05) is 66.4 Å². The van der Waals surface area contributed by atoms with E-state index >= 15 is 0 Å². The molecule has 0 saturated heterocycles. The summed E-state index contributed by atoms with van der Waals surface area (Å²) in [5.74, 6) is 0. The largest absolute Gasteiger partial charge is 0.311 e. The van der Waals surface area contributed by atoms with Crippen LogP contribution in [0.3, 0.4) is 0 Å². The van der Waals surface area contributed by atoms with Crippen LogP contribution >= 0.6 is 0 Å². The van der Waals surface area contributed by atoms with Crippen LogP contribution in [-0.2, 0) is 6.42 Å². The SMILES string of the molecule is Cc1ccc(N(c2ccc(Cc3ccc(N(c4ccccc4)c4ccc(-n5c6ccccc6c6ccccc65)c5ccccc45)cc3)cc2)c2ccc(-n3c4ccccc4c4ccccc43)cc2)cc1. The quantitative estimate of drug-likeness (QED) is 0.136. The predicted molar refractivity (Wildman–Crippen MR) is 296 cm³/mol. The third-order valence-electron chi connectivity index (χ3n) is 14.0. The van der Waals surface area contributed by atoms with Gasteiger partial charge in [0.1, 0.15) is 0 Å². The average molecular weight is 897 g/mol. The molecule has 332 valence electrons. The molecule has 0 aliphatic rings. The van der Waals surface area contributed by atoms with Crippen molar-refractivity contribution in [2.45, 2.75) is 13.3 Å². The number of fused-ring (bicyclic) bond motifs is 7. The third-order valence-corrected chi connectivity index (χ3v) is 14.0. The van der Waals surface area contributed by atoms with E-state index < -0.39 is 0 Å². The molecular weight excluding hydrogens is 849 g/mol. The van der Waals surface area contributed by atoms with E-state index in [1.165, 1.54) is 76.8 Å². The summed E-state index contributed by atoms with van der Waals surface area (Å²) in [6.07, 6.45) is 0.820. The van der Waals surface area contributed by atoms with E-state index in [9.17, 15) is 0 Å². The van der Waals surface area contributed by atoms with Gasteiger partial charge in [0.05, 0.1) is 33.4 Å². The molecule has 70 heavy (non-hydrogen) atoms. The molecule has 2 heterocycles. The minimum atomic E-state index is 0.820. The molecule has 2 aromatic heterocycles. The monoisotopic (exact) mass is 896 g/mol. The average Bonchev–Trinajstić information content (AvgIpc) is 3.94. The molecule has 0 saturated carbocycles. The zero-order chi connectivity index (χ0) is 46.5. The van der Waals surface area contributed by atoms with Gasteiger partial charge in [-0.15, -0.1) is 0 Å². The number of anilines is 6. The molecule has 0 fully saturated rings. The molecule has 0 amide bonds. The first kappa shape index (κ1) is 41.1. The Hall–Kier alpha value is -9.12. The molecule has 13 aromatic rings. The Bertz CT molecular complexity index is 3910. The fourth-order valence-corrected chi connectivity index (χ4v) is 10.7. The first-order valence-electron chi connectivity index (χ1n) is 24.1. The lowest BCUT2D eigenvalue weighted by atomic mass is 10.0. The van der Waals surface area contributed by atoms with Crippen molar-refractivity contribution in [3.05, 3.63) is 278 Å². The van der Waals surface area contributed by atoms with Gasteiger partial charge in [0.15, 0.2) is 0 Å². The highest BCUT2D eigenvalue weighted by Crippen LogP contribution is 2.43. The van der Waals surface area contributed by atoms with E-state index in [-0.39, 0.29) is 0 Å². The number of para-hydroxylation sites is 5. The molecule has 4 heteroatoms. The molecule has 0 N–H and O–H groups in total. The summed E-state index contributed by atoms with van der Waals surface area (Å²) in [7, 11) is 0. The molecule has 13 rings (SSSR count). The lowest BCUT2D eigenvalue weighted by molar-refractivity contribution is 1.17. The first-order valence-corrected chi connectivity index (χ1v) is 24.1. The van der Waals surface area contributed by atoms with Gasteiger partial charge in [-0.3, -0.25) is 0 Å². The van der Waals surface area contributed by atoms with Crippen LogP contribution in [0.2, 0.25) is 0 Å². The van der Waals surface area contributed by atoms with Crippen LogP contribution in [0, 0.1) is 6.92 Å². The standard InChI is InChI=1S/C66H48N4/c1-46-27-33-50(34-28-46)67(52-39-41-54(42-40-52)69-61-23-11-7-19-55(61)56-20-8-12-24-62(56)69)51-35-29-47(30-36-51)45-48-31-37-53(38-32-48)68(49-15-3-2-4-16-49)65-43-44-66(60-18-6-5-17-59(60)65)70-63-25-13-9-21-57(63)58-22-10-14-26-64(58)70/h2-44H,45H2,1H3. The maximum atomic E-state index is 2.43. The Morgan fingerprint density at radius 2 is 0.657 bits per heavy atom. The van der Waals surface area contributed by atoms with Crippen LogP contribution < -0.4 is 9.80 Å². The number of aryl methyl sites for hydroxylation is 1. The molecule has 0 aliphatic heterocycles. The number of aromatic nitrogens is 2. The van der Waals surface area contributed by atoms with Gasteiger partial charge in [-0.2, -0.15) is 0 Å². The summed E-state index contributed by atoms with van der Waals surface area (Å²) in [6, 6.07) is 95.0. The van der Waals surface area contributed by atoms with E-state index in [2.05, 4.69) is 287 Å². The molecule has 0 radical (unpaired) electrons. The molecule has 4 nitrogen and oxygen atoms in total. The van der Waals surface area contributed by atoms with Gasteiger partial charge in [0.2, 0.25) is 0 Å². The van der Waals surface area contributed by atoms with Gasteiger partial charge >= 0.3 is 0 Å². The Morgan fingerprint density at radius 3 is 1.16 bits per heavy atom. The van der Waals surface area contributed by atoms with Crippen LogP contribution in [0.1, 0.15) is 16.7 Å². The lowest BCUT2D eigenvalue weighted by Gasteiger charge is -2.28. The van der Waals surface area contributed by atoms with Gasteiger partial charge in [-0.05, 0) is 134 Å². The smallest absolute Gasteiger partial charge is 0.0542 e. The number of benzene rings is 11. The van der Waals surface area contributed by atoms with Crippen molar-refractivity contribution >= 4 is 88.5 Å². The van der Waals surface area contributed by atoms with Crippen LogP contribution in [0.15, 0.2) is 261 Å². The highest BCUT2D eigenvalue weighted by atomic mass is 15.1. The maximum absolute atomic E-state index is 2.43. The van der Waals surface area contributed by atoms with Gasteiger partial charge in [-0.25, -0.2) is 0 Å². The maximum Gasteiger partial charge on any atom is 0.0542 e. The Morgan fingerprint density at radius 1 is 0.286 bits per heavy atom. The second-order valence-electron chi connectivity index (χ2n) is 18.3. The van der Waals surface area contributed by atoms with E-state index in [4.69, 9.17) is 0 Å². The summed E-state index contributed by atoms with van der Waals surface area (Å²) < 4.78 is 4.80. The summed E-state index contributed by atoms with van der Waals surface area (Å²) in [6.45, 7) is 2.14. The van der Waals surface area contributed by atoms with Gasteiger partial charge < -0.3 is 18.9 Å².